The average molecular weight is 350 g/mol. The van der Waals surface area contributed by atoms with Crippen molar-refractivity contribution < 1.29 is 19.0 Å². The van der Waals surface area contributed by atoms with Gasteiger partial charge >= 0.3 is 0 Å². The molecule has 0 amide bonds. The predicted octanol–water partition coefficient (Wildman–Crippen LogP) is 4.14. The summed E-state index contributed by atoms with van der Waals surface area (Å²) in [4.78, 5) is 0. The zero-order valence-corrected chi connectivity index (χ0v) is 14.7. The van der Waals surface area contributed by atoms with Crippen LogP contribution in [0, 0.1) is 0 Å². The molecule has 0 radical (unpaired) electrons. The summed E-state index contributed by atoms with van der Waals surface area (Å²) in [5, 5.41) is 11.6. The molecule has 2 aromatic carbocycles. The van der Waals surface area contributed by atoms with Crippen molar-refractivity contribution in [2.24, 2.45) is 0 Å². The van der Waals surface area contributed by atoms with Crippen molar-refractivity contribution in [1.29, 1.82) is 0 Å². The van der Waals surface area contributed by atoms with Gasteiger partial charge < -0.3 is 19.0 Å². The lowest BCUT2D eigenvalue weighted by Gasteiger charge is -2.32. The van der Waals surface area contributed by atoms with Gasteiger partial charge in [-0.2, -0.15) is 0 Å². The Kier molecular flexibility index (Phi) is 4.89. The van der Waals surface area contributed by atoms with Crippen LogP contribution in [0.2, 0.25) is 0 Å². The molecule has 4 rings (SSSR count). The smallest absolute Gasteiger partial charge is 0.134 e. The Morgan fingerprint density at radius 1 is 1.15 bits per heavy atom. The first-order chi connectivity index (χ1) is 12.8. The van der Waals surface area contributed by atoms with E-state index in [-0.39, 0.29) is 18.6 Å². The molecule has 0 saturated heterocycles. The number of ether oxygens (including phenoxy) is 2. The van der Waals surface area contributed by atoms with E-state index in [1.54, 1.807) is 7.11 Å². The third-order valence-corrected chi connectivity index (χ3v) is 4.82. The third-order valence-electron chi connectivity index (χ3n) is 4.82. The van der Waals surface area contributed by atoms with E-state index in [1.165, 1.54) is 0 Å². The minimum Gasteiger partial charge on any atom is -0.458 e. The van der Waals surface area contributed by atoms with E-state index < -0.39 is 6.10 Å². The minimum atomic E-state index is -0.716. The molecule has 1 aliphatic rings. The fraction of sp³-hybridized carbons (Fsp3) is 0.273. The summed E-state index contributed by atoms with van der Waals surface area (Å²) in [5.74, 6) is 0.711. The maximum Gasteiger partial charge on any atom is 0.134 e. The first-order valence-corrected chi connectivity index (χ1v) is 8.80. The Hall–Kier alpha value is -2.40. The Bertz CT molecular complexity index is 897. The molecule has 0 unspecified atom stereocenters. The van der Waals surface area contributed by atoms with Crippen LogP contribution in [-0.4, -0.2) is 31.0 Å². The topological polar surface area (TPSA) is 51.8 Å². The first-order valence-electron chi connectivity index (χ1n) is 8.80. The molecule has 26 heavy (non-hydrogen) atoms. The largest absolute Gasteiger partial charge is 0.458 e. The minimum absolute atomic E-state index is 0.118. The van der Waals surface area contributed by atoms with Crippen LogP contribution in [0.4, 0.5) is 0 Å². The third kappa shape index (κ3) is 3.19. The summed E-state index contributed by atoms with van der Waals surface area (Å²) in [6.07, 6.45) is 3.06. The second-order valence-electron chi connectivity index (χ2n) is 6.53. The summed E-state index contributed by atoms with van der Waals surface area (Å²) in [6.45, 7) is 0.580. The molecule has 0 spiro atoms. The Morgan fingerprint density at radius 2 is 1.92 bits per heavy atom. The van der Waals surface area contributed by atoms with Crippen LogP contribution in [0.1, 0.15) is 22.8 Å². The van der Waals surface area contributed by atoms with Crippen LogP contribution < -0.4 is 0 Å². The lowest BCUT2D eigenvalue weighted by Crippen LogP contribution is -2.39. The van der Waals surface area contributed by atoms with Crippen molar-refractivity contribution in [2.45, 2.75) is 24.7 Å². The van der Waals surface area contributed by atoms with Crippen LogP contribution in [0.3, 0.4) is 0 Å². The molecule has 2 heterocycles. The number of furan rings is 1. The van der Waals surface area contributed by atoms with Gasteiger partial charge in [-0.25, -0.2) is 0 Å². The van der Waals surface area contributed by atoms with Crippen molar-refractivity contribution in [3.05, 3.63) is 77.6 Å². The van der Waals surface area contributed by atoms with Crippen molar-refractivity contribution in [3.8, 4) is 0 Å². The quantitative estimate of drug-likeness (QED) is 0.751. The molecule has 1 aliphatic heterocycles. The molecule has 3 atom stereocenters. The second-order valence-corrected chi connectivity index (χ2v) is 6.53. The maximum atomic E-state index is 10.6. The van der Waals surface area contributed by atoms with Gasteiger partial charge in [0.15, 0.2) is 0 Å². The van der Waals surface area contributed by atoms with Gasteiger partial charge in [-0.05, 0) is 11.6 Å². The molecule has 0 fully saturated rings. The highest BCUT2D eigenvalue weighted by molar-refractivity contribution is 5.83. The van der Waals surface area contributed by atoms with E-state index in [0.717, 1.165) is 27.9 Å². The molecule has 0 bridgehead atoms. The average Bonchev–Trinajstić information content (AvgIpc) is 3.06. The van der Waals surface area contributed by atoms with Gasteiger partial charge in [-0.1, -0.05) is 60.7 Å². The number of methoxy groups -OCH3 is 1. The van der Waals surface area contributed by atoms with Crippen LogP contribution in [0.15, 0.2) is 65.1 Å². The molecular formula is C22H22O4. The highest BCUT2D eigenvalue weighted by Gasteiger charge is 2.37. The molecule has 4 nitrogen and oxygen atoms in total. The van der Waals surface area contributed by atoms with Crippen molar-refractivity contribution >= 4 is 17.0 Å². The van der Waals surface area contributed by atoms with Gasteiger partial charge in [0.1, 0.15) is 24.1 Å². The van der Waals surface area contributed by atoms with E-state index >= 15 is 0 Å². The summed E-state index contributed by atoms with van der Waals surface area (Å²) in [6, 6.07) is 18.1. The lowest BCUT2D eigenvalue weighted by molar-refractivity contribution is -0.0883. The number of hydrogen-bond acceptors (Lipinski definition) is 4. The van der Waals surface area contributed by atoms with Gasteiger partial charge in [0.2, 0.25) is 0 Å². The first kappa shape index (κ1) is 17.0. The number of para-hydroxylation sites is 1. The molecule has 134 valence electrons. The van der Waals surface area contributed by atoms with Crippen LogP contribution in [0.5, 0.6) is 0 Å². The lowest BCUT2D eigenvalue weighted by atomic mass is 9.85. The maximum absolute atomic E-state index is 10.6. The Labute approximate surface area is 152 Å². The van der Waals surface area contributed by atoms with Crippen molar-refractivity contribution in [1.82, 2.24) is 0 Å². The zero-order valence-electron chi connectivity index (χ0n) is 14.7. The molecule has 0 saturated carbocycles. The van der Waals surface area contributed by atoms with Crippen LogP contribution in [-0.2, 0) is 16.1 Å². The fourth-order valence-corrected chi connectivity index (χ4v) is 3.63. The Balaban J connectivity index is 1.78. The molecular weight excluding hydrogens is 328 g/mol. The van der Waals surface area contributed by atoms with E-state index in [9.17, 15) is 5.11 Å². The van der Waals surface area contributed by atoms with E-state index in [0.29, 0.717) is 6.61 Å². The molecule has 1 N–H and O–H groups in total. The standard InChI is InChI=1S/C22H22O4/c1-24-13-18(23)22-17(12-11-15-7-3-2-4-8-15)21-16-9-5-6-10-19(16)26-20(21)14-25-22/h2-12,17-18,22-23H,13-14H2,1H3/b12-11+/t17-,18+,22-/m0/s1. The van der Waals surface area contributed by atoms with E-state index in [1.807, 2.05) is 36.4 Å². The normalized spacial score (nSPS) is 21.2. The molecule has 1 aromatic heterocycles. The van der Waals surface area contributed by atoms with Gasteiger partial charge in [0.25, 0.3) is 0 Å². The number of hydrogen-bond donors (Lipinski definition) is 1. The fourth-order valence-electron chi connectivity index (χ4n) is 3.63. The van der Waals surface area contributed by atoms with Crippen LogP contribution in [0.25, 0.3) is 17.0 Å². The zero-order chi connectivity index (χ0) is 17.9. The van der Waals surface area contributed by atoms with Gasteiger partial charge in [0, 0.05) is 24.0 Å². The summed E-state index contributed by atoms with van der Waals surface area (Å²) in [7, 11) is 1.58. The SMILES string of the molecule is COC[C@@H](O)[C@H]1OCc2oc3ccccc3c2[C@@H]1/C=C/c1ccccc1. The number of rotatable bonds is 5. The number of aliphatic hydroxyl groups is 1. The molecule has 3 aromatic rings. The summed E-state index contributed by atoms with van der Waals surface area (Å²) < 4.78 is 17.1. The van der Waals surface area contributed by atoms with E-state index in [4.69, 9.17) is 13.9 Å². The number of aliphatic hydroxyl groups excluding tert-OH is 1. The summed E-state index contributed by atoms with van der Waals surface area (Å²) >= 11 is 0. The Morgan fingerprint density at radius 3 is 2.73 bits per heavy atom. The van der Waals surface area contributed by atoms with Crippen LogP contribution >= 0.6 is 0 Å². The van der Waals surface area contributed by atoms with Crippen molar-refractivity contribution in [3.63, 3.8) is 0 Å². The molecule has 4 heteroatoms. The second kappa shape index (κ2) is 7.46. The highest BCUT2D eigenvalue weighted by atomic mass is 16.5. The number of benzene rings is 2. The monoisotopic (exact) mass is 350 g/mol. The predicted molar refractivity (Wildman–Crippen MR) is 101 cm³/mol. The number of fused-ring (bicyclic) bond motifs is 3. The van der Waals surface area contributed by atoms with Gasteiger partial charge in [-0.3, -0.25) is 0 Å². The van der Waals surface area contributed by atoms with Gasteiger partial charge in [-0.15, -0.1) is 0 Å². The highest BCUT2D eigenvalue weighted by Crippen LogP contribution is 2.41. The summed E-state index contributed by atoms with van der Waals surface area (Å²) in [5.41, 5.74) is 3.05. The molecule has 0 aliphatic carbocycles. The van der Waals surface area contributed by atoms with Gasteiger partial charge in [0.05, 0.1) is 12.7 Å². The van der Waals surface area contributed by atoms with E-state index in [2.05, 4.69) is 30.4 Å². The van der Waals surface area contributed by atoms with Crippen molar-refractivity contribution in [2.75, 3.05) is 13.7 Å².